The molecular weight excluding hydrogens is 254 g/mol. The highest BCUT2D eigenvalue weighted by Crippen LogP contribution is 2.37. The summed E-state index contributed by atoms with van der Waals surface area (Å²) >= 11 is 0. The molecule has 0 amide bonds. The van der Waals surface area contributed by atoms with Gasteiger partial charge in [-0.2, -0.15) is 0 Å². The summed E-state index contributed by atoms with van der Waals surface area (Å²) in [5, 5.41) is 1.82. The fourth-order valence-corrected chi connectivity index (χ4v) is 2.44. The third kappa shape index (κ3) is 2.04. The molecule has 0 bridgehead atoms. The summed E-state index contributed by atoms with van der Waals surface area (Å²) in [6.45, 7) is 8.05. The Kier molecular flexibility index (Phi) is 2.92. The van der Waals surface area contributed by atoms with Gasteiger partial charge in [-0.05, 0) is 56.1 Å². The summed E-state index contributed by atoms with van der Waals surface area (Å²) in [6.07, 6.45) is 0. The molecule has 1 aliphatic rings. The quantitative estimate of drug-likeness (QED) is 0.742. The van der Waals surface area contributed by atoms with Crippen LogP contribution in [0.3, 0.4) is 0 Å². The van der Waals surface area contributed by atoms with Crippen LogP contribution in [0.1, 0.15) is 27.7 Å². The second-order valence-electron chi connectivity index (χ2n) is 6.30. The molecule has 3 rings (SSSR count). The second-order valence-corrected chi connectivity index (χ2v) is 6.30. The van der Waals surface area contributed by atoms with Crippen molar-refractivity contribution >= 4 is 23.4 Å². The van der Waals surface area contributed by atoms with Crippen molar-refractivity contribution in [1.29, 1.82) is 0 Å². The lowest BCUT2D eigenvalue weighted by atomic mass is 9.76. The third-order valence-electron chi connectivity index (χ3n) is 4.39. The van der Waals surface area contributed by atoms with Crippen molar-refractivity contribution < 1.29 is 13.7 Å². The van der Waals surface area contributed by atoms with Gasteiger partial charge in [0.1, 0.15) is 5.82 Å². The van der Waals surface area contributed by atoms with Crippen LogP contribution < -0.4 is 5.46 Å². The van der Waals surface area contributed by atoms with Crippen molar-refractivity contribution in [3.63, 3.8) is 0 Å². The zero-order chi connectivity index (χ0) is 14.5. The minimum Gasteiger partial charge on any atom is -0.399 e. The fourth-order valence-electron chi connectivity index (χ4n) is 2.44. The van der Waals surface area contributed by atoms with Crippen LogP contribution in [0.2, 0.25) is 0 Å². The SMILES string of the molecule is CC1(C)OB(c2cccc3ccc(F)cc23)OC1(C)C. The van der Waals surface area contributed by atoms with Crippen LogP contribution in [0, 0.1) is 5.82 Å². The van der Waals surface area contributed by atoms with Gasteiger partial charge >= 0.3 is 7.12 Å². The highest BCUT2D eigenvalue weighted by molar-refractivity contribution is 6.65. The number of hydrogen-bond donors (Lipinski definition) is 0. The van der Waals surface area contributed by atoms with E-state index in [2.05, 4.69) is 0 Å². The monoisotopic (exact) mass is 272 g/mol. The fraction of sp³-hybridized carbons (Fsp3) is 0.375. The van der Waals surface area contributed by atoms with E-state index in [0.29, 0.717) is 0 Å². The van der Waals surface area contributed by atoms with E-state index in [4.69, 9.17) is 9.31 Å². The summed E-state index contributed by atoms with van der Waals surface area (Å²) in [7, 11) is -0.467. The van der Waals surface area contributed by atoms with E-state index in [9.17, 15) is 4.39 Å². The molecule has 2 aromatic rings. The highest BCUT2D eigenvalue weighted by atomic mass is 19.1. The number of hydrogen-bond acceptors (Lipinski definition) is 2. The van der Waals surface area contributed by atoms with Crippen molar-refractivity contribution in [2.45, 2.75) is 38.9 Å². The molecule has 0 spiro atoms. The molecule has 0 unspecified atom stereocenters. The Hall–Kier alpha value is -1.39. The minimum atomic E-state index is -0.467. The maximum absolute atomic E-state index is 13.5. The van der Waals surface area contributed by atoms with Crippen LogP contribution in [-0.4, -0.2) is 18.3 Å². The molecule has 1 fully saturated rings. The van der Waals surface area contributed by atoms with Crippen LogP contribution in [-0.2, 0) is 9.31 Å². The first-order valence-electron chi connectivity index (χ1n) is 6.84. The molecule has 1 saturated heterocycles. The van der Waals surface area contributed by atoms with E-state index < -0.39 is 18.3 Å². The van der Waals surface area contributed by atoms with Crippen molar-refractivity contribution in [3.8, 4) is 0 Å². The first-order valence-corrected chi connectivity index (χ1v) is 6.84. The Morgan fingerprint density at radius 3 is 2.25 bits per heavy atom. The largest absolute Gasteiger partial charge is 0.495 e. The van der Waals surface area contributed by atoms with Gasteiger partial charge in [-0.1, -0.05) is 24.3 Å². The Labute approximate surface area is 119 Å². The van der Waals surface area contributed by atoms with Gasteiger partial charge in [0.05, 0.1) is 11.2 Å². The molecule has 4 heteroatoms. The van der Waals surface area contributed by atoms with Crippen molar-refractivity contribution in [2.24, 2.45) is 0 Å². The van der Waals surface area contributed by atoms with Crippen LogP contribution in [0.15, 0.2) is 36.4 Å². The molecule has 0 aliphatic carbocycles. The summed E-state index contributed by atoms with van der Waals surface area (Å²) in [5.74, 6) is -0.249. The van der Waals surface area contributed by atoms with Crippen LogP contribution in [0.25, 0.3) is 10.8 Å². The number of benzene rings is 2. The van der Waals surface area contributed by atoms with E-state index in [1.54, 1.807) is 6.07 Å². The van der Waals surface area contributed by atoms with E-state index in [-0.39, 0.29) is 5.82 Å². The smallest absolute Gasteiger partial charge is 0.399 e. The first kappa shape index (κ1) is 13.6. The van der Waals surface area contributed by atoms with Crippen molar-refractivity contribution in [3.05, 3.63) is 42.2 Å². The molecule has 0 N–H and O–H groups in total. The molecule has 2 nitrogen and oxygen atoms in total. The van der Waals surface area contributed by atoms with Gasteiger partial charge in [0.2, 0.25) is 0 Å². The lowest BCUT2D eigenvalue weighted by molar-refractivity contribution is 0.00578. The minimum absolute atomic E-state index is 0.249. The van der Waals surface area contributed by atoms with Crippen molar-refractivity contribution in [2.75, 3.05) is 0 Å². The van der Waals surface area contributed by atoms with E-state index in [0.717, 1.165) is 16.2 Å². The van der Waals surface area contributed by atoms with Gasteiger partial charge in [-0.25, -0.2) is 4.39 Å². The second kappa shape index (κ2) is 4.30. The Balaban J connectivity index is 2.10. The molecule has 1 heterocycles. The first-order chi connectivity index (χ1) is 9.30. The molecule has 0 saturated carbocycles. The van der Waals surface area contributed by atoms with Gasteiger partial charge in [0.25, 0.3) is 0 Å². The predicted molar refractivity (Wildman–Crippen MR) is 79.6 cm³/mol. The summed E-state index contributed by atoms with van der Waals surface area (Å²) in [4.78, 5) is 0. The van der Waals surface area contributed by atoms with E-state index >= 15 is 0 Å². The standard InChI is InChI=1S/C16H18BFO2/c1-15(2)16(3,4)20-17(19-15)14-7-5-6-11-8-9-12(18)10-13(11)14/h5-10H,1-4H3. The number of fused-ring (bicyclic) bond motifs is 1. The summed E-state index contributed by atoms with van der Waals surface area (Å²) in [6, 6.07) is 10.6. The molecule has 2 aromatic carbocycles. The Morgan fingerprint density at radius 2 is 1.60 bits per heavy atom. The average molecular weight is 272 g/mol. The summed E-state index contributed by atoms with van der Waals surface area (Å²) in [5.41, 5.74) is 0.0842. The molecule has 1 aliphatic heterocycles. The predicted octanol–water partition coefficient (Wildman–Crippen LogP) is 3.28. The number of halogens is 1. The van der Waals surface area contributed by atoms with Crippen LogP contribution in [0.5, 0.6) is 0 Å². The molecular formula is C16H18BFO2. The van der Waals surface area contributed by atoms with Gasteiger partial charge in [0, 0.05) is 0 Å². The molecule has 0 atom stereocenters. The van der Waals surface area contributed by atoms with Gasteiger partial charge in [-0.3, -0.25) is 0 Å². The molecule has 0 aromatic heterocycles. The topological polar surface area (TPSA) is 18.5 Å². The zero-order valence-corrected chi connectivity index (χ0v) is 12.2. The molecule has 0 radical (unpaired) electrons. The van der Waals surface area contributed by atoms with Crippen molar-refractivity contribution in [1.82, 2.24) is 0 Å². The average Bonchev–Trinajstić information content (AvgIpc) is 2.57. The highest BCUT2D eigenvalue weighted by Gasteiger charge is 2.52. The molecule has 20 heavy (non-hydrogen) atoms. The van der Waals surface area contributed by atoms with E-state index in [1.807, 2.05) is 45.9 Å². The molecule has 104 valence electrons. The summed E-state index contributed by atoms with van der Waals surface area (Å²) < 4.78 is 25.6. The maximum Gasteiger partial charge on any atom is 0.495 e. The van der Waals surface area contributed by atoms with Gasteiger partial charge < -0.3 is 9.31 Å². The lowest BCUT2D eigenvalue weighted by Crippen LogP contribution is -2.41. The van der Waals surface area contributed by atoms with Crippen LogP contribution in [0.4, 0.5) is 4.39 Å². The van der Waals surface area contributed by atoms with Crippen LogP contribution >= 0.6 is 0 Å². The zero-order valence-electron chi connectivity index (χ0n) is 12.2. The maximum atomic E-state index is 13.5. The van der Waals surface area contributed by atoms with Gasteiger partial charge in [0.15, 0.2) is 0 Å². The Morgan fingerprint density at radius 1 is 0.950 bits per heavy atom. The number of rotatable bonds is 1. The van der Waals surface area contributed by atoms with E-state index in [1.165, 1.54) is 12.1 Å². The lowest BCUT2D eigenvalue weighted by Gasteiger charge is -2.32. The van der Waals surface area contributed by atoms with Gasteiger partial charge in [-0.15, -0.1) is 0 Å². The third-order valence-corrected chi connectivity index (χ3v) is 4.39. The Bertz CT molecular complexity index is 651. The normalized spacial score (nSPS) is 20.6.